The van der Waals surface area contributed by atoms with Crippen LogP contribution in [0.1, 0.15) is 27.3 Å². The van der Waals surface area contributed by atoms with Crippen LogP contribution in [0, 0.1) is 6.92 Å². The smallest absolute Gasteiger partial charge is 0.306 e. The van der Waals surface area contributed by atoms with Crippen LogP contribution < -0.4 is 4.90 Å². The van der Waals surface area contributed by atoms with Crippen molar-refractivity contribution in [3.63, 3.8) is 0 Å². The van der Waals surface area contributed by atoms with Gasteiger partial charge in [-0.25, -0.2) is 9.97 Å². The number of hydrogen-bond donors (Lipinski definition) is 0. The third kappa shape index (κ3) is 3.30. The Labute approximate surface area is 181 Å². The first-order chi connectivity index (χ1) is 15.2. The van der Waals surface area contributed by atoms with Gasteiger partial charge in [0.25, 0.3) is 5.91 Å². The lowest BCUT2D eigenvalue weighted by Crippen LogP contribution is -2.39. The molecule has 5 rings (SSSR count). The molecule has 32 heavy (non-hydrogen) atoms. The van der Waals surface area contributed by atoms with Gasteiger partial charge in [-0.15, -0.1) is 0 Å². The summed E-state index contributed by atoms with van der Waals surface area (Å²) in [7, 11) is 1.76. The minimum Gasteiger partial charge on any atom is -0.306 e. The summed E-state index contributed by atoms with van der Waals surface area (Å²) in [6.07, 6.45) is -2.03. The van der Waals surface area contributed by atoms with Gasteiger partial charge in [0.2, 0.25) is 0 Å². The van der Waals surface area contributed by atoms with Gasteiger partial charge in [0.1, 0.15) is 11.4 Å². The normalized spacial score (nSPS) is 14.2. The number of benzene rings is 1. The van der Waals surface area contributed by atoms with Crippen molar-refractivity contribution in [2.24, 2.45) is 7.05 Å². The maximum Gasteiger partial charge on any atom is 0.433 e. The molecule has 0 atom stereocenters. The second kappa shape index (κ2) is 7.15. The van der Waals surface area contributed by atoms with Crippen LogP contribution in [0.4, 0.5) is 18.9 Å². The predicted molar refractivity (Wildman–Crippen MR) is 113 cm³/mol. The van der Waals surface area contributed by atoms with Crippen molar-refractivity contribution < 1.29 is 18.0 Å². The molecule has 1 aliphatic rings. The number of alkyl halides is 3. The summed E-state index contributed by atoms with van der Waals surface area (Å²) in [6.45, 7) is 2.49. The Bertz CT molecular complexity index is 1380. The van der Waals surface area contributed by atoms with Crippen molar-refractivity contribution in [1.29, 1.82) is 0 Å². The van der Waals surface area contributed by atoms with Crippen molar-refractivity contribution >= 4 is 22.6 Å². The van der Waals surface area contributed by atoms with Gasteiger partial charge >= 0.3 is 6.18 Å². The Balaban J connectivity index is 1.47. The highest BCUT2D eigenvalue weighted by atomic mass is 19.4. The fourth-order valence-corrected chi connectivity index (χ4v) is 4.08. The molecule has 0 aliphatic carbocycles. The third-order valence-electron chi connectivity index (χ3n) is 5.68. The van der Waals surface area contributed by atoms with E-state index < -0.39 is 11.9 Å². The number of rotatable bonds is 2. The molecule has 1 amide bonds. The zero-order chi connectivity index (χ0) is 22.6. The highest BCUT2D eigenvalue weighted by Crippen LogP contribution is 2.32. The largest absolute Gasteiger partial charge is 0.433 e. The molecule has 0 unspecified atom stereocenters. The van der Waals surface area contributed by atoms with E-state index >= 15 is 0 Å². The topological polar surface area (TPSA) is 63.9 Å². The van der Waals surface area contributed by atoms with Crippen LogP contribution in [0.3, 0.4) is 0 Å². The molecule has 3 aromatic heterocycles. The van der Waals surface area contributed by atoms with E-state index in [1.807, 2.05) is 25.1 Å². The average Bonchev–Trinajstić information content (AvgIpc) is 3.14. The maximum absolute atomic E-state index is 13.0. The number of carbonyl (C=O) groups excluding carboxylic acids is 1. The van der Waals surface area contributed by atoms with E-state index in [1.54, 1.807) is 28.9 Å². The van der Waals surface area contributed by atoms with Crippen molar-refractivity contribution in [1.82, 2.24) is 19.7 Å². The molecule has 0 N–H and O–H groups in total. The Morgan fingerprint density at radius 3 is 2.50 bits per heavy atom. The van der Waals surface area contributed by atoms with Gasteiger partial charge in [-0.1, -0.05) is 6.07 Å². The summed E-state index contributed by atoms with van der Waals surface area (Å²) in [4.78, 5) is 22.9. The summed E-state index contributed by atoms with van der Waals surface area (Å²) in [5.41, 5.74) is 4.30. The lowest BCUT2D eigenvalue weighted by Gasteiger charge is -2.28. The molecular formula is C23H18F3N5O. The van der Waals surface area contributed by atoms with Crippen LogP contribution in [-0.2, 0) is 19.6 Å². The Kier molecular flexibility index (Phi) is 4.51. The molecule has 0 radical (unpaired) electrons. The first-order valence-electron chi connectivity index (χ1n) is 10.0. The fraction of sp³-hybridized carbons (Fsp3) is 0.217. The number of aromatic nitrogens is 4. The van der Waals surface area contributed by atoms with Crippen LogP contribution in [-0.4, -0.2) is 32.2 Å². The number of anilines is 1. The lowest BCUT2D eigenvalue weighted by molar-refractivity contribution is -0.140. The first-order valence-corrected chi connectivity index (χ1v) is 10.0. The summed E-state index contributed by atoms with van der Waals surface area (Å²) in [6, 6.07) is 11.1. The van der Waals surface area contributed by atoms with Crippen molar-refractivity contribution in [3.8, 4) is 11.3 Å². The molecule has 4 heterocycles. The number of nitrogens with zero attached hydrogens (tertiary/aromatic N) is 5. The van der Waals surface area contributed by atoms with E-state index in [2.05, 4.69) is 15.1 Å². The molecule has 0 spiro atoms. The predicted octanol–water partition coefficient (Wildman–Crippen LogP) is 4.56. The maximum atomic E-state index is 13.0. The van der Waals surface area contributed by atoms with E-state index in [1.165, 1.54) is 12.1 Å². The van der Waals surface area contributed by atoms with E-state index in [0.717, 1.165) is 34.9 Å². The number of carbonyl (C=O) groups is 1. The Morgan fingerprint density at radius 1 is 1.00 bits per heavy atom. The van der Waals surface area contributed by atoms with E-state index in [9.17, 15) is 18.0 Å². The number of pyridine rings is 2. The fourth-order valence-electron chi connectivity index (χ4n) is 4.08. The SMILES string of the molecule is Cc1cc(-c2ccc3nc(C(F)(F)F)ccc3n2)ccc1N1CCc2cnn(C)c2C1=O. The van der Waals surface area contributed by atoms with Crippen molar-refractivity contribution in [3.05, 3.63) is 71.2 Å². The van der Waals surface area contributed by atoms with Crippen LogP contribution in [0.5, 0.6) is 0 Å². The van der Waals surface area contributed by atoms with Gasteiger partial charge in [0.05, 0.1) is 22.9 Å². The van der Waals surface area contributed by atoms with E-state index in [4.69, 9.17) is 0 Å². The summed E-state index contributed by atoms with van der Waals surface area (Å²) in [5, 5.41) is 4.19. The van der Waals surface area contributed by atoms with E-state index in [-0.39, 0.29) is 11.4 Å². The van der Waals surface area contributed by atoms with Crippen LogP contribution in [0.2, 0.25) is 0 Å². The van der Waals surface area contributed by atoms with Gasteiger partial charge in [0, 0.05) is 30.4 Å². The third-order valence-corrected chi connectivity index (χ3v) is 5.68. The number of aryl methyl sites for hydroxylation is 2. The molecular weight excluding hydrogens is 419 g/mol. The van der Waals surface area contributed by atoms with Gasteiger partial charge in [-0.2, -0.15) is 18.3 Å². The quantitative estimate of drug-likeness (QED) is 0.461. The zero-order valence-corrected chi connectivity index (χ0v) is 17.3. The number of fused-ring (bicyclic) bond motifs is 2. The van der Waals surface area contributed by atoms with Gasteiger partial charge in [0.15, 0.2) is 0 Å². The Morgan fingerprint density at radius 2 is 1.75 bits per heavy atom. The molecule has 1 aliphatic heterocycles. The minimum absolute atomic E-state index is 0.0857. The second-order valence-corrected chi connectivity index (χ2v) is 7.78. The van der Waals surface area contributed by atoms with Gasteiger partial charge < -0.3 is 4.90 Å². The molecule has 0 fully saturated rings. The zero-order valence-electron chi connectivity index (χ0n) is 17.3. The van der Waals surface area contributed by atoms with Crippen LogP contribution in [0.25, 0.3) is 22.3 Å². The molecule has 1 aromatic carbocycles. The van der Waals surface area contributed by atoms with E-state index in [0.29, 0.717) is 23.4 Å². The van der Waals surface area contributed by atoms with Gasteiger partial charge in [-0.05, 0) is 55.3 Å². The monoisotopic (exact) mass is 437 g/mol. The molecule has 9 heteroatoms. The molecule has 0 saturated heterocycles. The number of amides is 1. The van der Waals surface area contributed by atoms with Crippen molar-refractivity contribution in [2.75, 3.05) is 11.4 Å². The summed E-state index contributed by atoms with van der Waals surface area (Å²) < 4.78 is 40.3. The highest BCUT2D eigenvalue weighted by molar-refractivity contribution is 6.07. The number of halogens is 3. The lowest BCUT2D eigenvalue weighted by atomic mass is 10.0. The summed E-state index contributed by atoms with van der Waals surface area (Å²) in [5.74, 6) is -0.0857. The van der Waals surface area contributed by atoms with Gasteiger partial charge in [-0.3, -0.25) is 9.48 Å². The number of hydrogen-bond acceptors (Lipinski definition) is 4. The van der Waals surface area contributed by atoms with Crippen LogP contribution in [0.15, 0.2) is 48.7 Å². The first kappa shape index (κ1) is 20.2. The molecule has 4 aromatic rings. The average molecular weight is 437 g/mol. The second-order valence-electron chi connectivity index (χ2n) is 7.78. The highest BCUT2D eigenvalue weighted by Gasteiger charge is 2.32. The van der Waals surface area contributed by atoms with Crippen LogP contribution >= 0.6 is 0 Å². The minimum atomic E-state index is -4.50. The standard InChI is InChI=1S/C23H18F3N5O/c1-13-11-14(16-4-5-18-17(28-16)6-8-20(29-18)23(24,25)26)3-7-19(13)31-10-9-15-12-27-30(2)21(15)22(31)32/h3-8,11-12H,9-10H2,1-2H3. The molecule has 0 bridgehead atoms. The Hall–Kier alpha value is -3.75. The molecule has 162 valence electrons. The summed E-state index contributed by atoms with van der Waals surface area (Å²) >= 11 is 0. The van der Waals surface area contributed by atoms with Crippen molar-refractivity contribution in [2.45, 2.75) is 19.5 Å². The molecule has 0 saturated carbocycles. The molecule has 6 nitrogen and oxygen atoms in total.